The van der Waals surface area contributed by atoms with Crippen molar-refractivity contribution in [2.45, 2.75) is 6.42 Å². The number of ether oxygens (including phenoxy) is 2. The van der Waals surface area contributed by atoms with Gasteiger partial charge in [-0.1, -0.05) is 0 Å². The quantitative estimate of drug-likeness (QED) is 0.463. The van der Waals surface area contributed by atoms with Crippen LogP contribution < -0.4 is 9.47 Å². The Morgan fingerprint density at radius 1 is 0.621 bits per heavy atom. The lowest BCUT2D eigenvalue weighted by Crippen LogP contribution is -2.03. The van der Waals surface area contributed by atoms with Crippen molar-refractivity contribution in [3.05, 3.63) is 75.8 Å². The fourth-order valence-corrected chi connectivity index (χ4v) is 2.71. The molecule has 29 heavy (non-hydrogen) atoms. The smallest absolute Gasteiger partial charge is 0.318 e. The van der Waals surface area contributed by atoms with Gasteiger partial charge >= 0.3 is 22.7 Å². The van der Waals surface area contributed by atoms with Crippen molar-refractivity contribution < 1.29 is 29.2 Å². The average Bonchev–Trinajstić information content (AvgIpc) is 2.66. The molecule has 14 heteroatoms. The van der Waals surface area contributed by atoms with Gasteiger partial charge in [0.15, 0.2) is 0 Å². The van der Waals surface area contributed by atoms with Crippen molar-refractivity contribution in [2.24, 2.45) is 0 Å². The van der Waals surface area contributed by atoms with Gasteiger partial charge in [-0.2, -0.15) is 0 Å². The first-order valence-electron chi connectivity index (χ1n) is 7.60. The Labute approximate surface area is 160 Å². The Bertz CT molecular complexity index is 884. The minimum absolute atomic E-state index is 0.0259. The molecule has 0 spiro atoms. The fourth-order valence-electron chi connectivity index (χ4n) is 2.71. The predicted octanol–water partition coefficient (Wildman–Crippen LogP) is 2.93. The van der Waals surface area contributed by atoms with E-state index in [4.69, 9.17) is 9.47 Å². The van der Waals surface area contributed by atoms with Crippen LogP contribution in [0.4, 0.5) is 22.7 Å². The van der Waals surface area contributed by atoms with Crippen LogP contribution in [0.25, 0.3) is 0 Å². The highest BCUT2D eigenvalue weighted by molar-refractivity contribution is 5.64. The number of benzene rings is 2. The molecule has 0 aliphatic carbocycles. The molecule has 2 aromatic carbocycles. The number of hydrogen-bond acceptors (Lipinski definition) is 10. The summed E-state index contributed by atoms with van der Waals surface area (Å²) in [5, 5.41) is 45.0. The molecule has 0 heterocycles. The van der Waals surface area contributed by atoms with Gasteiger partial charge in [-0.05, 0) is 17.5 Å². The molecule has 2 aromatic rings. The lowest BCUT2D eigenvalue weighted by Gasteiger charge is -2.08. The second kappa shape index (κ2) is 8.12. The predicted molar refractivity (Wildman–Crippen MR) is 95.4 cm³/mol. The van der Waals surface area contributed by atoms with Crippen molar-refractivity contribution in [1.82, 2.24) is 0 Å². The zero-order chi connectivity index (χ0) is 21.9. The second-order valence-electron chi connectivity index (χ2n) is 5.54. The van der Waals surface area contributed by atoms with Crippen LogP contribution >= 0.6 is 0 Å². The van der Waals surface area contributed by atoms with E-state index in [2.05, 4.69) is 0 Å². The van der Waals surface area contributed by atoms with Crippen LogP contribution in [0, 0.1) is 40.5 Å². The largest absolute Gasteiger partial charge is 0.485 e. The molecule has 0 aliphatic rings. The number of nitrogens with zero attached hydrogens (tertiary/aromatic N) is 4. The van der Waals surface area contributed by atoms with E-state index in [1.54, 1.807) is 0 Å². The molecule has 0 amide bonds. The van der Waals surface area contributed by atoms with Gasteiger partial charge in [0.05, 0.1) is 33.9 Å². The van der Waals surface area contributed by atoms with E-state index < -0.39 is 53.9 Å². The van der Waals surface area contributed by atoms with Crippen LogP contribution in [0.5, 0.6) is 11.5 Å². The summed E-state index contributed by atoms with van der Waals surface area (Å²) in [5.41, 5.74) is -2.69. The molecule has 0 bridgehead atoms. The monoisotopic (exact) mass is 408 g/mol. The molecule has 0 atom stereocenters. The maximum Gasteiger partial charge on any atom is 0.318 e. The standard InChI is InChI=1S/C15H12N4O10/c1-28-14-10(16(20)21)4-8(5-11(14)17(22)23)3-9-6-12(18(24)25)15(29-2)13(7-9)19(26)27/h4-7H,3H2,1-2H3. The van der Waals surface area contributed by atoms with Crippen LogP contribution in [0.1, 0.15) is 11.1 Å². The summed E-state index contributed by atoms with van der Waals surface area (Å²) in [6.07, 6.45) is -0.294. The zero-order valence-corrected chi connectivity index (χ0v) is 14.9. The first kappa shape index (κ1) is 20.9. The summed E-state index contributed by atoms with van der Waals surface area (Å²) < 4.78 is 9.51. The van der Waals surface area contributed by atoms with E-state index >= 15 is 0 Å². The van der Waals surface area contributed by atoms with Gasteiger partial charge in [0.25, 0.3) is 11.5 Å². The lowest BCUT2D eigenvalue weighted by molar-refractivity contribution is -0.396. The Hall–Kier alpha value is -4.36. The summed E-state index contributed by atoms with van der Waals surface area (Å²) >= 11 is 0. The van der Waals surface area contributed by atoms with Crippen LogP contribution in [0.3, 0.4) is 0 Å². The molecule has 0 saturated carbocycles. The van der Waals surface area contributed by atoms with Crippen molar-refractivity contribution in [3.8, 4) is 11.5 Å². The number of nitro benzene ring substituents is 4. The van der Waals surface area contributed by atoms with Gasteiger partial charge in [0.2, 0.25) is 0 Å². The van der Waals surface area contributed by atoms with E-state index in [1.165, 1.54) is 0 Å². The minimum Gasteiger partial charge on any atom is -0.485 e. The van der Waals surface area contributed by atoms with Gasteiger partial charge in [0, 0.05) is 24.3 Å². The average molecular weight is 408 g/mol. The Balaban J connectivity index is 2.67. The van der Waals surface area contributed by atoms with Crippen LogP contribution in [0.2, 0.25) is 0 Å². The Morgan fingerprint density at radius 2 is 0.862 bits per heavy atom. The summed E-state index contributed by atoms with van der Waals surface area (Å²) in [7, 11) is 2.07. The Kier molecular flexibility index (Phi) is 5.86. The van der Waals surface area contributed by atoms with E-state index in [-0.39, 0.29) is 17.5 Å². The molecule has 0 radical (unpaired) electrons. The van der Waals surface area contributed by atoms with Crippen LogP contribution in [-0.2, 0) is 6.42 Å². The first-order chi connectivity index (χ1) is 13.6. The lowest BCUT2D eigenvalue weighted by atomic mass is 10.0. The third-order valence-corrected chi connectivity index (χ3v) is 3.82. The molecule has 0 saturated heterocycles. The van der Waals surface area contributed by atoms with Crippen LogP contribution in [0.15, 0.2) is 24.3 Å². The van der Waals surface area contributed by atoms with Gasteiger partial charge in [-0.3, -0.25) is 40.5 Å². The van der Waals surface area contributed by atoms with Crippen molar-refractivity contribution >= 4 is 22.7 Å². The highest BCUT2D eigenvalue weighted by Gasteiger charge is 2.30. The maximum atomic E-state index is 11.2. The van der Waals surface area contributed by atoms with Crippen LogP contribution in [-0.4, -0.2) is 33.9 Å². The van der Waals surface area contributed by atoms with E-state index in [0.717, 1.165) is 38.5 Å². The normalized spacial score (nSPS) is 10.3. The van der Waals surface area contributed by atoms with E-state index in [9.17, 15) is 40.5 Å². The van der Waals surface area contributed by atoms with Gasteiger partial charge in [-0.25, -0.2) is 0 Å². The molecule has 14 nitrogen and oxygen atoms in total. The SMILES string of the molecule is COc1c([N+](=O)[O-])cc(Cc2cc([N+](=O)[O-])c(OC)c([N+](=O)[O-])c2)cc1[N+](=O)[O-]. The highest BCUT2D eigenvalue weighted by Crippen LogP contribution is 2.40. The van der Waals surface area contributed by atoms with Crippen molar-refractivity contribution in [1.29, 1.82) is 0 Å². The molecular weight excluding hydrogens is 396 g/mol. The highest BCUT2D eigenvalue weighted by atomic mass is 16.6. The molecule has 152 valence electrons. The molecule has 0 unspecified atom stereocenters. The number of methoxy groups -OCH3 is 2. The summed E-state index contributed by atoms with van der Waals surface area (Å²) in [6, 6.07) is 3.98. The first-order valence-corrected chi connectivity index (χ1v) is 7.60. The molecule has 0 fully saturated rings. The zero-order valence-electron chi connectivity index (χ0n) is 14.9. The molecule has 0 aliphatic heterocycles. The Morgan fingerprint density at radius 3 is 1.03 bits per heavy atom. The third-order valence-electron chi connectivity index (χ3n) is 3.82. The second-order valence-corrected chi connectivity index (χ2v) is 5.54. The number of rotatable bonds is 8. The van der Waals surface area contributed by atoms with E-state index in [0.29, 0.717) is 0 Å². The molecule has 2 rings (SSSR count). The minimum atomic E-state index is -0.881. The number of hydrogen-bond donors (Lipinski definition) is 0. The number of nitro groups is 4. The fraction of sp³-hybridized carbons (Fsp3) is 0.200. The summed E-state index contributed by atoms with van der Waals surface area (Å²) in [5.74, 6) is -1.12. The third kappa shape index (κ3) is 4.15. The maximum absolute atomic E-state index is 11.2. The molecule has 0 aromatic heterocycles. The topological polar surface area (TPSA) is 191 Å². The molecule has 0 N–H and O–H groups in total. The summed E-state index contributed by atoms with van der Waals surface area (Å²) in [6.45, 7) is 0. The van der Waals surface area contributed by atoms with Gasteiger partial charge in [0.1, 0.15) is 0 Å². The van der Waals surface area contributed by atoms with Gasteiger partial charge in [-0.15, -0.1) is 0 Å². The van der Waals surface area contributed by atoms with E-state index in [1.807, 2.05) is 0 Å². The van der Waals surface area contributed by atoms with Gasteiger partial charge < -0.3 is 9.47 Å². The van der Waals surface area contributed by atoms with Crippen molar-refractivity contribution in [2.75, 3.05) is 14.2 Å². The summed E-state index contributed by atoms with van der Waals surface area (Å²) in [4.78, 5) is 41.4. The van der Waals surface area contributed by atoms with Crippen molar-refractivity contribution in [3.63, 3.8) is 0 Å². The molecular formula is C15H12N4O10.